The van der Waals surface area contributed by atoms with Gasteiger partial charge < -0.3 is 10.2 Å². The van der Waals surface area contributed by atoms with Crippen molar-refractivity contribution in [3.63, 3.8) is 0 Å². The van der Waals surface area contributed by atoms with Crippen LogP contribution in [0.3, 0.4) is 0 Å². The van der Waals surface area contributed by atoms with E-state index in [2.05, 4.69) is 5.32 Å². The SMILES string of the molecule is CC[C@H](C(=O)NC(C)(C)C)N(Cc1ccc(F)cc1)C(=O)CCCN(c1cccc(Cl)c1C)S(C)(=O)=O. The fraction of sp³-hybridized carbons (Fsp3) is 0.481. The minimum atomic E-state index is -3.63. The van der Waals surface area contributed by atoms with E-state index in [-0.39, 0.29) is 37.7 Å². The number of carbonyl (C=O) groups excluding carboxylic acids is 2. The van der Waals surface area contributed by atoms with Crippen LogP contribution in [-0.2, 0) is 26.2 Å². The molecule has 0 heterocycles. The lowest BCUT2D eigenvalue weighted by atomic mass is 10.0. The molecule has 0 aromatic heterocycles. The highest BCUT2D eigenvalue weighted by Gasteiger charge is 2.31. The molecule has 0 spiro atoms. The second kappa shape index (κ2) is 12.7. The molecule has 0 saturated carbocycles. The molecule has 0 bridgehead atoms. The maximum Gasteiger partial charge on any atom is 0.243 e. The van der Waals surface area contributed by atoms with Crippen molar-refractivity contribution < 1.29 is 22.4 Å². The second-order valence-electron chi connectivity index (χ2n) is 10.1. The second-order valence-corrected chi connectivity index (χ2v) is 12.4. The first-order valence-electron chi connectivity index (χ1n) is 12.2. The molecule has 2 rings (SSSR count). The van der Waals surface area contributed by atoms with Crippen molar-refractivity contribution in [2.75, 3.05) is 17.1 Å². The van der Waals surface area contributed by atoms with Gasteiger partial charge in [-0.25, -0.2) is 12.8 Å². The number of hydrogen-bond donors (Lipinski definition) is 1. The quantitative estimate of drug-likeness (QED) is 0.421. The molecule has 7 nitrogen and oxygen atoms in total. The molecule has 37 heavy (non-hydrogen) atoms. The lowest BCUT2D eigenvalue weighted by Crippen LogP contribution is -2.53. The highest BCUT2D eigenvalue weighted by Crippen LogP contribution is 2.28. The summed E-state index contributed by atoms with van der Waals surface area (Å²) >= 11 is 6.20. The fourth-order valence-electron chi connectivity index (χ4n) is 4.01. The van der Waals surface area contributed by atoms with E-state index in [0.717, 1.165) is 6.26 Å². The van der Waals surface area contributed by atoms with Crippen molar-refractivity contribution in [2.45, 2.75) is 72.0 Å². The summed E-state index contributed by atoms with van der Waals surface area (Å²) in [5.74, 6) is -0.967. The van der Waals surface area contributed by atoms with Crippen molar-refractivity contribution in [2.24, 2.45) is 0 Å². The first-order chi connectivity index (χ1) is 17.1. The summed E-state index contributed by atoms with van der Waals surface area (Å²) in [6.07, 6.45) is 1.74. The highest BCUT2D eigenvalue weighted by atomic mass is 35.5. The van der Waals surface area contributed by atoms with E-state index in [9.17, 15) is 22.4 Å². The van der Waals surface area contributed by atoms with Gasteiger partial charge in [-0.05, 0) is 75.9 Å². The molecular weight excluding hydrogens is 517 g/mol. The molecule has 0 radical (unpaired) electrons. The Morgan fingerprint density at radius 2 is 1.73 bits per heavy atom. The molecule has 2 amide bonds. The zero-order chi connectivity index (χ0) is 28.0. The third-order valence-corrected chi connectivity index (χ3v) is 7.40. The molecule has 1 N–H and O–H groups in total. The number of benzene rings is 2. The molecule has 204 valence electrons. The monoisotopic (exact) mass is 553 g/mol. The maximum absolute atomic E-state index is 13.5. The Morgan fingerprint density at radius 3 is 2.27 bits per heavy atom. The summed E-state index contributed by atoms with van der Waals surface area (Å²) in [4.78, 5) is 28.0. The summed E-state index contributed by atoms with van der Waals surface area (Å²) < 4.78 is 39.8. The molecule has 10 heteroatoms. The Morgan fingerprint density at radius 1 is 1.11 bits per heavy atom. The zero-order valence-corrected chi connectivity index (χ0v) is 23.9. The zero-order valence-electron chi connectivity index (χ0n) is 22.3. The molecular formula is C27H37ClFN3O4S. The number of rotatable bonds is 11. The van der Waals surface area contributed by atoms with Gasteiger partial charge in [-0.3, -0.25) is 13.9 Å². The highest BCUT2D eigenvalue weighted by molar-refractivity contribution is 7.92. The van der Waals surface area contributed by atoms with Crippen molar-refractivity contribution in [1.29, 1.82) is 0 Å². The topological polar surface area (TPSA) is 86.8 Å². The average molecular weight is 554 g/mol. The molecule has 2 aromatic carbocycles. The standard InChI is InChI=1S/C27H37ClFN3O4S/c1-7-23(26(34)30-27(3,4)5)31(18-20-13-15-21(29)16-14-20)25(33)12-9-17-32(37(6,35)36)24-11-8-10-22(28)19(24)2/h8,10-11,13-16,23H,7,9,12,17-18H2,1-6H3,(H,30,34)/t23-/m1/s1. The van der Waals surface area contributed by atoms with E-state index < -0.39 is 27.4 Å². The van der Waals surface area contributed by atoms with E-state index in [4.69, 9.17) is 11.6 Å². The first kappa shape index (κ1) is 30.6. The Bertz CT molecular complexity index is 1200. The molecule has 0 unspecified atom stereocenters. The van der Waals surface area contributed by atoms with E-state index in [1.54, 1.807) is 37.3 Å². The molecule has 0 aliphatic rings. The molecule has 0 aliphatic heterocycles. The van der Waals surface area contributed by atoms with Gasteiger partial charge in [0.25, 0.3) is 0 Å². The third kappa shape index (κ3) is 9.00. The lowest BCUT2D eigenvalue weighted by molar-refractivity contribution is -0.142. The predicted octanol–water partition coefficient (Wildman–Crippen LogP) is 5.06. The van der Waals surface area contributed by atoms with Crippen LogP contribution in [0.1, 0.15) is 58.1 Å². The Kier molecular flexibility index (Phi) is 10.5. The van der Waals surface area contributed by atoms with Gasteiger partial charge in [0.1, 0.15) is 11.9 Å². The normalized spacial score (nSPS) is 12.6. The van der Waals surface area contributed by atoms with Gasteiger partial charge in [-0.1, -0.05) is 36.7 Å². The molecule has 1 atom stereocenters. The number of halogens is 2. The van der Waals surface area contributed by atoms with Crippen molar-refractivity contribution in [1.82, 2.24) is 10.2 Å². The number of sulfonamides is 1. The maximum atomic E-state index is 13.5. The van der Waals surface area contributed by atoms with Gasteiger partial charge >= 0.3 is 0 Å². The van der Waals surface area contributed by atoms with Crippen molar-refractivity contribution >= 4 is 39.1 Å². The van der Waals surface area contributed by atoms with Crippen LogP contribution >= 0.6 is 11.6 Å². The number of nitrogens with zero attached hydrogens (tertiary/aromatic N) is 2. The van der Waals surface area contributed by atoms with E-state index >= 15 is 0 Å². The van der Waals surface area contributed by atoms with Gasteiger partial charge in [0.05, 0.1) is 11.9 Å². The van der Waals surface area contributed by atoms with E-state index in [0.29, 0.717) is 28.3 Å². The van der Waals surface area contributed by atoms with Crippen LogP contribution in [-0.4, -0.2) is 49.5 Å². The first-order valence-corrected chi connectivity index (χ1v) is 14.5. The van der Waals surface area contributed by atoms with Gasteiger partial charge in [-0.15, -0.1) is 0 Å². The Labute approximate surface area is 225 Å². The van der Waals surface area contributed by atoms with Crippen LogP contribution in [0.5, 0.6) is 0 Å². The Balaban J connectivity index is 2.27. The molecule has 0 aliphatic carbocycles. The van der Waals surface area contributed by atoms with Crippen LogP contribution in [0.25, 0.3) is 0 Å². The predicted molar refractivity (Wildman–Crippen MR) is 147 cm³/mol. The minimum absolute atomic E-state index is 0.0200. The number of anilines is 1. The fourth-order valence-corrected chi connectivity index (χ4v) is 5.19. The van der Waals surface area contributed by atoms with Crippen molar-refractivity contribution in [3.8, 4) is 0 Å². The number of nitrogens with one attached hydrogen (secondary N) is 1. The smallest absolute Gasteiger partial charge is 0.243 e. The van der Waals surface area contributed by atoms with E-state index in [1.165, 1.54) is 21.3 Å². The van der Waals surface area contributed by atoms with Crippen LogP contribution < -0.4 is 9.62 Å². The summed E-state index contributed by atoms with van der Waals surface area (Å²) in [5, 5.41) is 3.38. The molecule has 2 aromatic rings. The summed E-state index contributed by atoms with van der Waals surface area (Å²) in [7, 11) is -3.63. The number of carbonyl (C=O) groups is 2. The van der Waals surface area contributed by atoms with Crippen LogP contribution in [0, 0.1) is 12.7 Å². The summed E-state index contributed by atoms with van der Waals surface area (Å²) in [6.45, 7) is 9.35. The third-order valence-electron chi connectivity index (χ3n) is 5.81. The largest absolute Gasteiger partial charge is 0.350 e. The van der Waals surface area contributed by atoms with Gasteiger partial charge in [0, 0.05) is 30.1 Å². The van der Waals surface area contributed by atoms with Crippen LogP contribution in [0.4, 0.5) is 10.1 Å². The van der Waals surface area contributed by atoms with Crippen molar-refractivity contribution in [3.05, 3.63) is 64.4 Å². The summed E-state index contributed by atoms with van der Waals surface area (Å²) in [5.41, 5.74) is 1.29. The number of amides is 2. The molecule has 0 saturated heterocycles. The number of hydrogen-bond acceptors (Lipinski definition) is 4. The van der Waals surface area contributed by atoms with Crippen LogP contribution in [0.2, 0.25) is 5.02 Å². The van der Waals surface area contributed by atoms with Gasteiger partial charge in [0.2, 0.25) is 21.8 Å². The Hall–Kier alpha value is -2.65. The lowest BCUT2D eigenvalue weighted by Gasteiger charge is -2.33. The van der Waals surface area contributed by atoms with Gasteiger partial charge in [-0.2, -0.15) is 0 Å². The van der Waals surface area contributed by atoms with Crippen LogP contribution in [0.15, 0.2) is 42.5 Å². The van der Waals surface area contributed by atoms with E-state index in [1.807, 2.05) is 27.7 Å². The van der Waals surface area contributed by atoms with Gasteiger partial charge in [0.15, 0.2) is 0 Å². The summed E-state index contributed by atoms with van der Waals surface area (Å²) in [6, 6.07) is 10.1. The average Bonchev–Trinajstić information content (AvgIpc) is 2.78. The minimum Gasteiger partial charge on any atom is -0.350 e. The molecule has 0 fully saturated rings.